The highest BCUT2D eigenvalue weighted by molar-refractivity contribution is 9.10. The first-order valence-electron chi connectivity index (χ1n) is 4.16. The van der Waals surface area contributed by atoms with Crippen molar-refractivity contribution in [2.24, 2.45) is 11.7 Å². The Morgan fingerprint density at radius 1 is 1.67 bits per heavy atom. The molecule has 0 saturated heterocycles. The maximum Gasteiger partial charge on any atom is 0.0314 e. The van der Waals surface area contributed by atoms with Gasteiger partial charge in [-0.15, -0.1) is 11.3 Å². The molecule has 0 aromatic carbocycles. The molecule has 1 unspecified atom stereocenters. The maximum absolute atomic E-state index is 5.49. The van der Waals surface area contributed by atoms with Crippen molar-refractivity contribution in [1.29, 1.82) is 0 Å². The zero-order valence-corrected chi connectivity index (χ0v) is 9.62. The van der Waals surface area contributed by atoms with Crippen LogP contribution in [0.2, 0.25) is 0 Å². The lowest BCUT2D eigenvalue weighted by Crippen LogP contribution is -2.07. The van der Waals surface area contributed by atoms with Gasteiger partial charge in [0.1, 0.15) is 0 Å². The largest absolute Gasteiger partial charge is 0.330 e. The van der Waals surface area contributed by atoms with E-state index in [-0.39, 0.29) is 0 Å². The maximum atomic E-state index is 5.49. The topological polar surface area (TPSA) is 26.0 Å². The molecular weight excluding hydrogens is 234 g/mol. The number of hydrogen-bond acceptors (Lipinski definition) is 2. The lowest BCUT2D eigenvalue weighted by Gasteiger charge is -2.07. The highest BCUT2D eigenvalue weighted by Crippen LogP contribution is 2.25. The highest BCUT2D eigenvalue weighted by atomic mass is 79.9. The molecule has 0 aliphatic rings. The van der Waals surface area contributed by atoms with Crippen molar-refractivity contribution < 1.29 is 0 Å². The summed E-state index contributed by atoms with van der Waals surface area (Å²) in [6.07, 6.45) is 2.26. The van der Waals surface area contributed by atoms with Crippen LogP contribution in [0.15, 0.2) is 15.9 Å². The fraction of sp³-hybridized carbons (Fsp3) is 0.556. The van der Waals surface area contributed by atoms with Crippen molar-refractivity contribution in [1.82, 2.24) is 0 Å². The number of rotatable bonds is 4. The molecule has 0 saturated carbocycles. The smallest absolute Gasteiger partial charge is 0.0314 e. The van der Waals surface area contributed by atoms with Crippen LogP contribution in [0, 0.1) is 5.92 Å². The molecule has 0 amide bonds. The first-order valence-corrected chi connectivity index (χ1v) is 5.83. The molecule has 0 aliphatic carbocycles. The van der Waals surface area contributed by atoms with Crippen LogP contribution >= 0.6 is 27.3 Å². The van der Waals surface area contributed by atoms with Crippen molar-refractivity contribution in [2.45, 2.75) is 19.8 Å². The van der Waals surface area contributed by atoms with Crippen LogP contribution in [0.25, 0.3) is 0 Å². The molecular formula is C9H14BrNS. The Kier molecular flexibility index (Phi) is 4.26. The quantitative estimate of drug-likeness (QED) is 0.870. The molecule has 1 aromatic heterocycles. The van der Waals surface area contributed by atoms with Gasteiger partial charge in [-0.05, 0) is 52.7 Å². The lowest BCUT2D eigenvalue weighted by molar-refractivity contribution is 0.542. The fourth-order valence-electron chi connectivity index (χ4n) is 1.17. The molecule has 1 nitrogen and oxygen atoms in total. The molecule has 12 heavy (non-hydrogen) atoms. The highest BCUT2D eigenvalue weighted by Gasteiger charge is 2.06. The van der Waals surface area contributed by atoms with E-state index in [1.807, 2.05) is 11.3 Å². The van der Waals surface area contributed by atoms with Crippen LogP contribution in [0.1, 0.15) is 18.2 Å². The van der Waals surface area contributed by atoms with Crippen molar-refractivity contribution >= 4 is 27.3 Å². The minimum absolute atomic E-state index is 0.699. The lowest BCUT2D eigenvalue weighted by atomic mass is 10.0. The molecule has 68 valence electrons. The molecule has 0 bridgehead atoms. The summed E-state index contributed by atoms with van der Waals surface area (Å²) >= 11 is 5.34. The van der Waals surface area contributed by atoms with E-state index in [4.69, 9.17) is 5.73 Å². The van der Waals surface area contributed by atoms with Crippen LogP contribution in [-0.2, 0) is 6.42 Å². The predicted molar refractivity (Wildman–Crippen MR) is 58.6 cm³/mol. The summed E-state index contributed by atoms with van der Waals surface area (Å²) in [4.78, 5) is 1.44. The average Bonchev–Trinajstić information content (AvgIpc) is 2.37. The van der Waals surface area contributed by atoms with Gasteiger partial charge in [0.15, 0.2) is 0 Å². The van der Waals surface area contributed by atoms with Crippen LogP contribution < -0.4 is 5.73 Å². The Balaban J connectivity index is 2.46. The van der Waals surface area contributed by atoms with Crippen LogP contribution in [0.4, 0.5) is 0 Å². The van der Waals surface area contributed by atoms with E-state index in [1.54, 1.807) is 0 Å². The third-order valence-electron chi connectivity index (χ3n) is 1.88. The molecule has 0 aliphatic heterocycles. The van der Waals surface area contributed by atoms with E-state index in [1.165, 1.54) is 9.35 Å². The minimum Gasteiger partial charge on any atom is -0.330 e. The second kappa shape index (κ2) is 5.00. The van der Waals surface area contributed by atoms with Crippen molar-refractivity contribution in [3.05, 3.63) is 20.8 Å². The molecule has 2 N–H and O–H groups in total. The van der Waals surface area contributed by atoms with E-state index < -0.39 is 0 Å². The Hall–Kier alpha value is 0.140. The number of nitrogens with two attached hydrogens (primary N) is 1. The van der Waals surface area contributed by atoms with Gasteiger partial charge in [0.05, 0.1) is 0 Å². The Morgan fingerprint density at radius 3 is 2.92 bits per heavy atom. The number of hydrogen-bond donors (Lipinski definition) is 1. The van der Waals surface area contributed by atoms with Gasteiger partial charge in [0, 0.05) is 9.35 Å². The molecule has 0 radical (unpaired) electrons. The Bertz CT molecular complexity index is 234. The molecule has 0 fully saturated rings. The summed E-state index contributed by atoms with van der Waals surface area (Å²) in [6, 6.07) is 2.11. The van der Waals surface area contributed by atoms with Crippen molar-refractivity contribution in [2.75, 3.05) is 6.54 Å². The summed E-state index contributed by atoms with van der Waals surface area (Å²) < 4.78 is 1.25. The van der Waals surface area contributed by atoms with Gasteiger partial charge in [-0.25, -0.2) is 0 Å². The summed E-state index contributed by atoms with van der Waals surface area (Å²) in [5.41, 5.74) is 5.49. The normalized spacial score (nSPS) is 13.2. The van der Waals surface area contributed by atoms with Gasteiger partial charge in [-0.3, -0.25) is 0 Å². The van der Waals surface area contributed by atoms with E-state index >= 15 is 0 Å². The zero-order valence-electron chi connectivity index (χ0n) is 7.22. The molecule has 3 heteroatoms. The molecule has 1 atom stereocenters. The third-order valence-corrected chi connectivity index (χ3v) is 3.83. The fourth-order valence-corrected chi connectivity index (χ4v) is 2.85. The Labute approximate surface area is 86.1 Å². The van der Waals surface area contributed by atoms with Crippen molar-refractivity contribution in [3.63, 3.8) is 0 Å². The van der Waals surface area contributed by atoms with Crippen LogP contribution in [-0.4, -0.2) is 6.54 Å². The Morgan fingerprint density at radius 2 is 2.42 bits per heavy atom. The zero-order chi connectivity index (χ0) is 8.97. The number of halogens is 1. The molecule has 1 heterocycles. The number of thiophene rings is 1. The summed E-state index contributed by atoms with van der Waals surface area (Å²) in [7, 11) is 0. The molecule has 0 spiro atoms. The van der Waals surface area contributed by atoms with E-state index in [9.17, 15) is 0 Å². The van der Waals surface area contributed by atoms with Gasteiger partial charge < -0.3 is 5.73 Å². The van der Waals surface area contributed by atoms with Gasteiger partial charge in [0.2, 0.25) is 0 Å². The first-order chi connectivity index (χ1) is 5.74. The SMILES string of the molecule is CC(CCN)Cc1sccc1Br. The standard InChI is InChI=1S/C9H14BrNS/c1-7(2-4-11)6-9-8(10)3-5-12-9/h3,5,7H,2,4,6,11H2,1H3. The van der Waals surface area contributed by atoms with E-state index in [0.29, 0.717) is 5.92 Å². The van der Waals surface area contributed by atoms with Crippen molar-refractivity contribution in [3.8, 4) is 0 Å². The van der Waals surface area contributed by atoms with Gasteiger partial charge in [0.25, 0.3) is 0 Å². The summed E-state index contributed by atoms with van der Waals surface area (Å²) in [5, 5.41) is 2.12. The molecule has 1 rings (SSSR count). The molecule has 1 aromatic rings. The summed E-state index contributed by atoms with van der Waals surface area (Å²) in [5.74, 6) is 0.699. The third kappa shape index (κ3) is 2.88. The summed E-state index contributed by atoms with van der Waals surface area (Å²) in [6.45, 7) is 3.04. The predicted octanol–water partition coefficient (Wildman–Crippen LogP) is 3.04. The second-order valence-electron chi connectivity index (χ2n) is 3.08. The van der Waals surface area contributed by atoms with Crippen LogP contribution in [0.3, 0.4) is 0 Å². The monoisotopic (exact) mass is 247 g/mol. The van der Waals surface area contributed by atoms with Gasteiger partial charge >= 0.3 is 0 Å². The van der Waals surface area contributed by atoms with Gasteiger partial charge in [-0.2, -0.15) is 0 Å². The minimum atomic E-state index is 0.699. The van der Waals surface area contributed by atoms with E-state index in [2.05, 4.69) is 34.3 Å². The average molecular weight is 248 g/mol. The first kappa shape index (κ1) is 10.2. The second-order valence-corrected chi connectivity index (χ2v) is 4.93. The van der Waals surface area contributed by atoms with Gasteiger partial charge in [-0.1, -0.05) is 6.92 Å². The van der Waals surface area contributed by atoms with Crippen LogP contribution in [0.5, 0.6) is 0 Å². The van der Waals surface area contributed by atoms with E-state index in [0.717, 1.165) is 19.4 Å².